The Balaban J connectivity index is 1.46. The molecule has 6 heteroatoms. The molecule has 1 aromatic heterocycles. The van der Waals surface area contributed by atoms with Crippen LogP contribution in [0.1, 0.15) is 25.0 Å². The maximum Gasteiger partial charge on any atom is 0.188 e. The van der Waals surface area contributed by atoms with E-state index in [-0.39, 0.29) is 0 Å². The highest BCUT2D eigenvalue weighted by atomic mass is 32.2. The lowest BCUT2D eigenvalue weighted by Gasteiger charge is -2.26. The monoisotopic (exact) mass is 265 g/mol. The van der Waals surface area contributed by atoms with E-state index in [4.69, 9.17) is 5.73 Å². The van der Waals surface area contributed by atoms with Crippen LogP contribution in [0.4, 0.5) is 0 Å². The van der Waals surface area contributed by atoms with Crippen molar-refractivity contribution in [2.45, 2.75) is 43.4 Å². The number of fused-ring (bicyclic) bond motifs is 1. The lowest BCUT2D eigenvalue weighted by atomic mass is 9.93. The van der Waals surface area contributed by atoms with Crippen molar-refractivity contribution >= 4 is 17.7 Å². The molecule has 0 aromatic carbocycles. The van der Waals surface area contributed by atoms with E-state index in [1.807, 2.05) is 11.8 Å². The van der Waals surface area contributed by atoms with E-state index in [1.54, 1.807) is 0 Å². The van der Waals surface area contributed by atoms with Crippen LogP contribution in [-0.4, -0.2) is 33.9 Å². The van der Waals surface area contributed by atoms with Crippen molar-refractivity contribution in [2.75, 3.05) is 12.3 Å². The van der Waals surface area contributed by atoms with Crippen LogP contribution in [0.15, 0.2) is 16.3 Å². The number of guanidine groups is 1. The number of nitrogens with zero attached hydrogens (tertiary/aromatic N) is 3. The van der Waals surface area contributed by atoms with E-state index >= 15 is 0 Å². The molecule has 0 spiro atoms. The van der Waals surface area contributed by atoms with E-state index in [9.17, 15) is 0 Å². The van der Waals surface area contributed by atoms with Crippen molar-refractivity contribution in [3.63, 3.8) is 0 Å². The van der Waals surface area contributed by atoms with E-state index in [1.165, 1.54) is 19.3 Å². The summed E-state index contributed by atoms with van der Waals surface area (Å²) in [5.41, 5.74) is 6.95. The van der Waals surface area contributed by atoms with E-state index in [0.29, 0.717) is 18.5 Å². The number of aliphatic imine (C=N–C) groups is 1. The van der Waals surface area contributed by atoms with Gasteiger partial charge in [0.2, 0.25) is 0 Å². The first kappa shape index (κ1) is 11.9. The number of thioether (sulfide) groups is 1. The molecule has 5 nitrogen and oxygen atoms in total. The van der Waals surface area contributed by atoms with E-state index < -0.39 is 0 Å². The third-order valence-corrected chi connectivity index (χ3v) is 4.43. The van der Waals surface area contributed by atoms with Crippen molar-refractivity contribution in [2.24, 2.45) is 10.7 Å². The second kappa shape index (κ2) is 5.22. The van der Waals surface area contributed by atoms with Crippen molar-refractivity contribution in [1.82, 2.24) is 14.9 Å². The number of rotatable bonds is 4. The van der Waals surface area contributed by atoms with Gasteiger partial charge >= 0.3 is 0 Å². The normalized spacial score (nSPS) is 19.7. The molecular weight excluding hydrogens is 246 g/mol. The zero-order valence-corrected chi connectivity index (χ0v) is 11.2. The minimum absolute atomic E-state index is 0.557. The number of hydrogen-bond acceptors (Lipinski definition) is 3. The fourth-order valence-corrected chi connectivity index (χ4v) is 3.14. The van der Waals surface area contributed by atoms with Crippen LogP contribution in [-0.2, 0) is 13.0 Å². The number of aromatic nitrogens is 2. The summed E-state index contributed by atoms with van der Waals surface area (Å²) in [6.07, 6.45) is 6.76. The Labute approximate surface area is 111 Å². The first-order chi connectivity index (χ1) is 8.81. The molecule has 1 saturated carbocycles. The first-order valence-electron chi connectivity index (χ1n) is 6.56. The highest BCUT2D eigenvalue weighted by molar-refractivity contribution is 7.99. The van der Waals surface area contributed by atoms with Gasteiger partial charge in [-0.3, -0.25) is 4.99 Å². The summed E-state index contributed by atoms with van der Waals surface area (Å²) in [5, 5.41) is 4.39. The minimum Gasteiger partial charge on any atom is -0.370 e. The Bertz CT molecular complexity index is 428. The molecule has 3 N–H and O–H groups in total. The molecule has 2 heterocycles. The highest BCUT2D eigenvalue weighted by Crippen LogP contribution is 2.24. The molecule has 0 bridgehead atoms. The number of nitrogens with one attached hydrogen (secondary N) is 1. The predicted molar refractivity (Wildman–Crippen MR) is 73.9 cm³/mol. The molecule has 3 rings (SSSR count). The Morgan fingerprint density at radius 1 is 1.61 bits per heavy atom. The molecule has 0 amide bonds. The summed E-state index contributed by atoms with van der Waals surface area (Å²) in [6, 6.07) is 0.557. The van der Waals surface area contributed by atoms with Crippen LogP contribution in [0, 0.1) is 0 Å². The minimum atomic E-state index is 0.557. The number of aryl methyl sites for hydroxylation is 1. The summed E-state index contributed by atoms with van der Waals surface area (Å²) in [4.78, 5) is 8.92. The van der Waals surface area contributed by atoms with Crippen LogP contribution in [0.25, 0.3) is 0 Å². The van der Waals surface area contributed by atoms with Crippen molar-refractivity contribution in [3.05, 3.63) is 11.9 Å². The van der Waals surface area contributed by atoms with Gasteiger partial charge in [-0.05, 0) is 19.3 Å². The van der Waals surface area contributed by atoms with Crippen molar-refractivity contribution in [3.8, 4) is 0 Å². The largest absolute Gasteiger partial charge is 0.370 e. The zero-order chi connectivity index (χ0) is 12.4. The number of imidazole rings is 1. The fourth-order valence-electron chi connectivity index (χ4n) is 2.18. The van der Waals surface area contributed by atoms with Crippen LogP contribution < -0.4 is 11.1 Å². The summed E-state index contributed by atoms with van der Waals surface area (Å²) in [5.74, 6) is 1.74. The lowest BCUT2D eigenvalue weighted by molar-refractivity contribution is 0.382. The molecule has 18 heavy (non-hydrogen) atoms. The van der Waals surface area contributed by atoms with Crippen molar-refractivity contribution < 1.29 is 0 Å². The second-order valence-corrected chi connectivity index (χ2v) is 5.91. The van der Waals surface area contributed by atoms with Crippen LogP contribution in [0.5, 0.6) is 0 Å². The van der Waals surface area contributed by atoms with Gasteiger partial charge in [-0.1, -0.05) is 11.8 Å². The van der Waals surface area contributed by atoms with Gasteiger partial charge < -0.3 is 15.6 Å². The van der Waals surface area contributed by atoms with Gasteiger partial charge in [-0.15, -0.1) is 0 Å². The molecule has 98 valence electrons. The summed E-state index contributed by atoms with van der Waals surface area (Å²) >= 11 is 1.83. The summed E-state index contributed by atoms with van der Waals surface area (Å²) in [7, 11) is 0. The van der Waals surface area contributed by atoms with Gasteiger partial charge in [0.25, 0.3) is 0 Å². The van der Waals surface area contributed by atoms with Crippen LogP contribution in [0.3, 0.4) is 0 Å². The molecule has 1 aromatic rings. The average Bonchev–Trinajstić information content (AvgIpc) is 2.84. The first-order valence-corrected chi connectivity index (χ1v) is 7.55. The fraction of sp³-hybridized carbons (Fsp3) is 0.667. The second-order valence-electron chi connectivity index (χ2n) is 4.85. The van der Waals surface area contributed by atoms with E-state index in [0.717, 1.165) is 29.6 Å². The Morgan fingerprint density at radius 2 is 2.50 bits per heavy atom. The maximum absolute atomic E-state index is 5.83. The third-order valence-electron chi connectivity index (χ3n) is 3.46. The average molecular weight is 265 g/mol. The molecular formula is C12H19N5S. The SMILES string of the molecule is NC(=NCCc1cn2c(n1)SCC2)NC1CCC1. The lowest BCUT2D eigenvalue weighted by Crippen LogP contribution is -2.43. The molecule has 0 radical (unpaired) electrons. The molecule has 2 aliphatic rings. The van der Waals surface area contributed by atoms with Gasteiger partial charge in [0, 0.05) is 37.5 Å². The quantitative estimate of drug-likeness (QED) is 0.629. The summed E-state index contributed by atoms with van der Waals surface area (Å²) in [6.45, 7) is 1.80. The molecule has 0 saturated heterocycles. The van der Waals surface area contributed by atoms with Gasteiger partial charge in [0.1, 0.15) is 0 Å². The Kier molecular flexibility index (Phi) is 3.45. The molecule has 1 fully saturated rings. The molecule has 1 aliphatic heterocycles. The highest BCUT2D eigenvalue weighted by Gasteiger charge is 2.17. The molecule has 0 unspecified atom stereocenters. The van der Waals surface area contributed by atoms with Gasteiger partial charge in [0.05, 0.1) is 5.69 Å². The van der Waals surface area contributed by atoms with E-state index in [2.05, 4.69) is 26.1 Å². The maximum atomic E-state index is 5.83. The molecule has 0 atom stereocenters. The van der Waals surface area contributed by atoms with Gasteiger partial charge in [-0.2, -0.15) is 0 Å². The van der Waals surface area contributed by atoms with Gasteiger partial charge in [-0.25, -0.2) is 4.98 Å². The smallest absolute Gasteiger partial charge is 0.188 e. The van der Waals surface area contributed by atoms with Crippen LogP contribution >= 0.6 is 11.8 Å². The molecule has 1 aliphatic carbocycles. The zero-order valence-electron chi connectivity index (χ0n) is 10.4. The standard InChI is InChI=1S/C12H19N5S/c13-11(15-9-2-1-3-9)14-5-4-10-8-17-6-7-18-12(17)16-10/h8-9H,1-7H2,(H3,13,14,15). The topological polar surface area (TPSA) is 68.2 Å². The van der Waals surface area contributed by atoms with Crippen LogP contribution in [0.2, 0.25) is 0 Å². The summed E-state index contributed by atoms with van der Waals surface area (Å²) < 4.78 is 2.22. The van der Waals surface area contributed by atoms with Crippen molar-refractivity contribution in [1.29, 1.82) is 0 Å². The third kappa shape index (κ3) is 2.63. The Morgan fingerprint density at radius 3 is 3.22 bits per heavy atom. The van der Waals surface area contributed by atoms with Gasteiger partial charge in [0.15, 0.2) is 11.1 Å². The number of nitrogens with two attached hydrogens (primary N) is 1. The Hall–Kier alpha value is -1.17. The predicted octanol–water partition coefficient (Wildman–Crippen LogP) is 0.988. The number of hydrogen-bond donors (Lipinski definition) is 2.